The lowest BCUT2D eigenvalue weighted by Crippen LogP contribution is -2.12. The SMILES string of the molecule is Nc1cc(Nc2ccc(F)cc2I)cc(S(N)(=O)=O)c1. The predicted octanol–water partition coefficient (Wildman–Crippen LogP) is 2.40. The smallest absolute Gasteiger partial charge is 0.238 e. The highest BCUT2D eigenvalue weighted by Gasteiger charge is 2.11. The second-order valence-corrected chi connectivity index (χ2v) is 6.81. The quantitative estimate of drug-likeness (QED) is 0.538. The summed E-state index contributed by atoms with van der Waals surface area (Å²) in [6, 6.07) is 8.42. The van der Waals surface area contributed by atoms with E-state index in [0.717, 1.165) is 0 Å². The molecule has 0 heterocycles. The van der Waals surface area contributed by atoms with E-state index in [4.69, 9.17) is 10.9 Å². The molecule has 2 rings (SSSR count). The summed E-state index contributed by atoms with van der Waals surface area (Å²) in [5.74, 6) is -0.349. The Hall–Kier alpha value is -1.39. The van der Waals surface area contributed by atoms with Crippen LogP contribution in [0, 0.1) is 9.39 Å². The Morgan fingerprint density at radius 3 is 2.45 bits per heavy atom. The zero-order chi connectivity index (χ0) is 14.9. The van der Waals surface area contributed by atoms with Crippen molar-refractivity contribution in [2.45, 2.75) is 4.90 Å². The highest BCUT2D eigenvalue weighted by Crippen LogP contribution is 2.26. The molecule has 0 aliphatic carbocycles. The zero-order valence-corrected chi connectivity index (χ0v) is 13.1. The Labute approximate surface area is 129 Å². The van der Waals surface area contributed by atoms with Gasteiger partial charge in [0.25, 0.3) is 0 Å². The number of nitrogens with two attached hydrogens (primary N) is 2. The summed E-state index contributed by atoms with van der Waals surface area (Å²) in [6.45, 7) is 0. The van der Waals surface area contributed by atoms with E-state index in [9.17, 15) is 12.8 Å². The third kappa shape index (κ3) is 3.58. The molecule has 0 fully saturated rings. The van der Waals surface area contributed by atoms with E-state index in [1.807, 2.05) is 22.6 Å². The van der Waals surface area contributed by atoms with Crippen LogP contribution in [0.3, 0.4) is 0 Å². The first-order valence-electron chi connectivity index (χ1n) is 5.41. The fourth-order valence-corrected chi connectivity index (χ4v) is 2.81. The van der Waals surface area contributed by atoms with E-state index in [-0.39, 0.29) is 16.4 Å². The van der Waals surface area contributed by atoms with Gasteiger partial charge in [0.1, 0.15) is 5.82 Å². The lowest BCUT2D eigenvalue weighted by molar-refractivity contribution is 0.598. The van der Waals surface area contributed by atoms with Crippen molar-refractivity contribution in [1.82, 2.24) is 0 Å². The van der Waals surface area contributed by atoms with Gasteiger partial charge < -0.3 is 11.1 Å². The zero-order valence-electron chi connectivity index (χ0n) is 10.1. The van der Waals surface area contributed by atoms with Gasteiger partial charge in [-0.05, 0) is 59.0 Å². The summed E-state index contributed by atoms with van der Waals surface area (Å²) in [5.41, 5.74) is 7.00. The first-order valence-corrected chi connectivity index (χ1v) is 8.03. The van der Waals surface area contributed by atoms with Gasteiger partial charge in [-0.1, -0.05) is 0 Å². The number of nitrogens with one attached hydrogen (secondary N) is 1. The molecule has 5 N–H and O–H groups in total. The molecule has 0 radical (unpaired) electrons. The Kier molecular flexibility index (Phi) is 4.16. The maximum Gasteiger partial charge on any atom is 0.238 e. The molecule has 0 saturated heterocycles. The van der Waals surface area contributed by atoms with Crippen molar-refractivity contribution in [2.24, 2.45) is 5.14 Å². The van der Waals surface area contributed by atoms with E-state index in [0.29, 0.717) is 14.9 Å². The molecule has 0 amide bonds. The largest absolute Gasteiger partial charge is 0.399 e. The molecule has 0 bridgehead atoms. The van der Waals surface area contributed by atoms with Crippen LogP contribution in [0.2, 0.25) is 0 Å². The van der Waals surface area contributed by atoms with Crippen molar-refractivity contribution < 1.29 is 12.8 Å². The molecule has 20 heavy (non-hydrogen) atoms. The Morgan fingerprint density at radius 2 is 1.85 bits per heavy atom. The standard InChI is InChI=1S/C12H11FIN3O2S/c13-7-1-2-12(11(14)3-7)17-9-4-8(15)5-10(6-9)20(16,18)19/h1-6,17H,15H2,(H2,16,18,19). The summed E-state index contributed by atoms with van der Waals surface area (Å²) >= 11 is 1.97. The van der Waals surface area contributed by atoms with Crippen LogP contribution in [0.4, 0.5) is 21.5 Å². The summed E-state index contributed by atoms with van der Waals surface area (Å²) < 4.78 is 36.4. The van der Waals surface area contributed by atoms with Gasteiger partial charge in [-0.3, -0.25) is 0 Å². The van der Waals surface area contributed by atoms with Crippen LogP contribution in [-0.2, 0) is 10.0 Å². The highest BCUT2D eigenvalue weighted by molar-refractivity contribution is 14.1. The second kappa shape index (κ2) is 5.54. The minimum atomic E-state index is -3.84. The average molecular weight is 407 g/mol. The first kappa shape index (κ1) is 15.0. The normalized spacial score (nSPS) is 11.3. The maximum atomic E-state index is 13.0. The van der Waals surface area contributed by atoms with Gasteiger partial charge in [0.15, 0.2) is 0 Å². The number of halogens is 2. The van der Waals surface area contributed by atoms with Crippen LogP contribution in [-0.4, -0.2) is 8.42 Å². The molecule has 0 saturated carbocycles. The number of primary sulfonamides is 1. The number of nitrogen functional groups attached to an aromatic ring is 1. The topological polar surface area (TPSA) is 98.2 Å². The van der Waals surface area contributed by atoms with Gasteiger partial charge in [-0.2, -0.15) is 0 Å². The lowest BCUT2D eigenvalue weighted by atomic mass is 10.2. The number of hydrogen-bond donors (Lipinski definition) is 3. The summed E-state index contributed by atoms with van der Waals surface area (Å²) in [4.78, 5) is -0.0860. The number of anilines is 3. The van der Waals surface area contributed by atoms with Crippen molar-refractivity contribution in [1.29, 1.82) is 0 Å². The molecule has 0 aliphatic heterocycles. The van der Waals surface area contributed by atoms with Crippen molar-refractivity contribution in [2.75, 3.05) is 11.1 Å². The van der Waals surface area contributed by atoms with Gasteiger partial charge >= 0.3 is 0 Å². The third-order valence-electron chi connectivity index (χ3n) is 2.47. The van der Waals surface area contributed by atoms with E-state index >= 15 is 0 Å². The number of benzene rings is 2. The molecular formula is C12H11FIN3O2S. The van der Waals surface area contributed by atoms with Gasteiger partial charge in [-0.25, -0.2) is 17.9 Å². The van der Waals surface area contributed by atoms with Crippen molar-refractivity contribution in [3.05, 3.63) is 45.8 Å². The molecule has 8 heteroatoms. The first-order chi connectivity index (χ1) is 9.25. The summed E-state index contributed by atoms with van der Waals surface area (Å²) in [5, 5.41) is 8.05. The number of hydrogen-bond acceptors (Lipinski definition) is 4. The minimum absolute atomic E-state index is 0.0860. The van der Waals surface area contributed by atoms with Crippen LogP contribution in [0.25, 0.3) is 0 Å². The summed E-state index contributed by atoms with van der Waals surface area (Å²) in [6.07, 6.45) is 0. The third-order valence-corrected chi connectivity index (χ3v) is 4.25. The Balaban J connectivity index is 2.41. The van der Waals surface area contributed by atoms with E-state index < -0.39 is 10.0 Å². The van der Waals surface area contributed by atoms with Crippen LogP contribution in [0.15, 0.2) is 41.3 Å². The monoisotopic (exact) mass is 407 g/mol. The number of sulfonamides is 1. The molecule has 0 atom stereocenters. The minimum Gasteiger partial charge on any atom is -0.399 e. The average Bonchev–Trinajstić information content (AvgIpc) is 2.31. The van der Waals surface area contributed by atoms with Crippen molar-refractivity contribution in [3.8, 4) is 0 Å². The van der Waals surface area contributed by atoms with Gasteiger partial charge in [0.2, 0.25) is 10.0 Å². The molecule has 0 aliphatic rings. The highest BCUT2D eigenvalue weighted by atomic mass is 127. The van der Waals surface area contributed by atoms with Crippen LogP contribution < -0.4 is 16.2 Å². The molecule has 106 valence electrons. The molecule has 2 aromatic carbocycles. The lowest BCUT2D eigenvalue weighted by Gasteiger charge is -2.11. The van der Waals surface area contributed by atoms with Crippen LogP contribution in [0.1, 0.15) is 0 Å². The van der Waals surface area contributed by atoms with E-state index in [1.54, 1.807) is 12.1 Å². The van der Waals surface area contributed by atoms with E-state index in [2.05, 4.69) is 5.32 Å². The Bertz CT molecular complexity index is 765. The maximum absolute atomic E-state index is 13.0. The molecule has 0 unspecified atom stereocenters. The molecule has 0 aromatic heterocycles. The molecule has 5 nitrogen and oxygen atoms in total. The van der Waals surface area contributed by atoms with Gasteiger partial charge in [-0.15, -0.1) is 0 Å². The van der Waals surface area contributed by atoms with Gasteiger partial charge in [0.05, 0.1) is 10.6 Å². The number of rotatable bonds is 3. The van der Waals surface area contributed by atoms with Crippen molar-refractivity contribution >= 4 is 49.7 Å². The fourth-order valence-electron chi connectivity index (χ4n) is 1.60. The molecular weight excluding hydrogens is 396 g/mol. The van der Waals surface area contributed by atoms with Crippen LogP contribution >= 0.6 is 22.6 Å². The van der Waals surface area contributed by atoms with E-state index in [1.165, 1.54) is 24.3 Å². The Morgan fingerprint density at radius 1 is 1.15 bits per heavy atom. The van der Waals surface area contributed by atoms with Crippen LogP contribution in [0.5, 0.6) is 0 Å². The van der Waals surface area contributed by atoms with Crippen molar-refractivity contribution in [3.63, 3.8) is 0 Å². The fraction of sp³-hybridized carbons (Fsp3) is 0. The molecule has 2 aromatic rings. The summed E-state index contributed by atoms with van der Waals surface area (Å²) in [7, 11) is -3.84. The predicted molar refractivity (Wildman–Crippen MR) is 84.6 cm³/mol. The second-order valence-electron chi connectivity index (χ2n) is 4.08. The van der Waals surface area contributed by atoms with Gasteiger partial charge in [0, 0.05) is 14.9 Å². The molecule has 0 spiro atoms.